The Morgan fingerprint density at radius 3 is 2.69 bits per heavy atom. The first-order valence-corrected chi connectivity index (χ1v) is 8.37. The van der Waals surface area contributed by atoms with Gasteiger partial charge in [0.1, 0.15) is 0 Å². The molecule has 134 valence electrons. The van der Waals surface area contributed by atoms with Crippen LogP contribution in [-0.2, 0) is 11.3 Å². The van der Waals surface area contributed by atoms with Crippen molar-refractivity contribution in [3.05, 3.63) is 75.8 Å². The first-order chi connectivity index (χ1) is 12.5. The number of hydrogen-bond donors (Lipinski definition) is 1. The normalized spacial score (nSPS) is 16.5. The van der Waals surface area contributed by atoms with Gasteiger partial charge in [-0.1, -0.05) is 36.4 Å². The monoisotopic (exact) mass is 353 g/mol. The molecule has 1 aliphatic rings. The molecule has 0 aliphatic carbocycles. The van der Waals surface area contributed by atoms with E-state index in [0.29, 0.717) is 26.1 Å². The van der Waals surface area contributed by atoms with E-state index in [4.69, 9.17) is 0 Å². The molecule has 1 atom stereocenters. The van der Waals surface area contributed by atoms with E-state index in [2.05, 4.69) is 5.32 Å². The van der Waals surface area contributed by atoms with E-state index in [1.165, 1.54) is 24.3 Å². The van der Waals surface area contributed by atoms with E-state index in [0.717, 1.165) is 5.56 Å². The van der Waals surface area contributed by atoms with Crippen LogP contribution in [-0.4, -0.2) is 34.7 Å². The Morgan fingerprint density at radius 2 is 1.96 bits per heavy atom. The number of rotatable bonds is 6. The van der Waals surface area contributed by atoms with Gasteiger partial charge in [-0.3, -0.25) is 19.7 Å². The molecule has 2 aromatic carbocycles. The first kappa shape index (κ1) is 17.6. The van der Waals surface area contributed by atoms with Gasteiger partial charge in [0.05, 0.1) is 4.92 Å². The van der Waals surface area contributed by atoms with Crippen LogP contribution in [0.1, 0.15) is 22.3 Å². The van der Waals surface area contributed by atoms with Crippen molar-refractivity contribution in [2.45, 2.75) is 13.0 Å². The van der Waals surface area contributed by atoms with Gasteiger partial charge in [-0.2, -0.15) is 0 Å². The summed E-state index contributed by atoms with van der Waals surface area (Å²) >= 11 is 0. The number of non-ortho nitro benzene ring substituents is 1. The molecule has 7 heteroatoms. The van der Waals surface area contributed by atoms with Crippen molar-refractivity contribution in [2.75, 3.05) is 13.1 Å². The number of nitrogens with zero attached hydrogens (tertiary/aromatic N) is 2. The number of nitro groups is 1. The number of nitrogens with one attached hydrogen (secondary N) is 1. The number of amides is 2. The molecule has 2 amide bonds. The molecule has 1 N–H and O–H groups in total. The fourth-order valence-electron chi connectivity index (χ4n) is 3.05. The highest BCUT2D eigenvalue weighted by atomic mass is 16.6. The molecule has 1 saturated heterocycles. The largest absolute Gasteiger partial charge is 0.352 e. The van der Waals surface area contributed by atoms with Crippen LogP contribution in [0, 0.1) is 16.0 Å². The lowest BCUT2D eigenvalue weighted by Crippen LogP contribution is -2.31. The Balaban J connectivity index is 1.54. The lowest BCUT2D eigenvalue weighted by Gasteiger charge is -2.17. The average molecular weight is 353 g/mol. The van der Waals surface area contributed by atoms with Crippen molar-refractivity contribution in [1.82, 2.24) is 10.2 Å². The number of carbonyl (C=O) groups excluding carboxylic acids is 2. The van der Waals surface area contributed by atoms with Crippen molar-refractivity contribution in [3.8, 4) is 0 Å². The topological polar surface area (TPSA) is 92.6 Å². The summed E-state index contributed by atoms with van der Waals surface area (Å²) in [6, 6.07) is 15.4. The lowest BCUT2D eigenvalue weighted by molar-refractivity contribution is -0.384. The van der Waals surface area contributed by atoms with Crippen LogP contribution in [0.3, 0.4) is 0 Å². The number of hydrogen-bond acceptors (Lipinski definition) is 4. The third-order valence-electron chi connectivity index (χ3n) is 4.38. The van der Waals surface area contributed by atoms with Crippen LogP contribution in [0.5, 0.6) is 0 Å². The Bertz CT molecular complexity index is 823. The lowest BCUT2D eigenvalue weighted by atomic mass is 10.1. The smallest absolute Gasteiger partial charge is 0.270 e. The predicted molar refractivity (Wildman–Crippen MR) is 95.4 cm³/mol. The van der Waals surface area contributed by atoms with Crippen molar-refractivity contribution in [3.63, 3.8) is 0 Å². The van der Waals surface area contributed by atoms with E-state index in [-0.39, 0.29) is 29.0 Å². The highest BCUT2D eigenvalue weighted by molar-refractivity contribution is 5.94. The number of nitro benzene ring substituents is 1. The summed E-state index contributed by atoms with van der Waals surface area (Å²) in [5.41, 5.74) is 1.19. The van der Waals surface area contributed by atoms with Gasteiger partial charge in [0.2, 0.25) is 5.91 Å². The zero-order valence-corrected chi connectivity index (χ0v) is 14.1. The maximum atomic E-state index is 12.2. The molecule has 26 heavy (non-hydrogen) atoms. The molecule has 1 unspecified atom stereocenters. The third kappa shape index (κ3) is 4.24. The van der Waals surface area contributed by atoms with Gasteiger partial charge in [0.15, 0.2) is 0 Å². The molecule has 7 nitrogen and oxygen atoms in total. The quantitative estimate of drug-likeness (QED) is 0.637. The molecule has 1 aliphatic heterocycles. The predicted octanol–water partition coefficient (Wildman–Crippen LogP) is 2.37. The van der Waals surface area contributed by atoms with E-state index in [1.807, 2.05) is 30.3 Å². The molecule has 0 spiro atoms. The van der Waals surface area contributed by atoms with Crippen molar-refractivity contribution in [1.29, 1.82) is 0 Å². The Morgan fingerprint density at radius 1 is 1.19 bits per heavy atom. The summed E-state index contributed by atoms with van der Waals surface area (Å²) in [6.45, 7) is 1.51. The summed E-state index contributed by atoms with van der Waals surface area (Å²) in [6.07, 6.45) is 0.391. The molecule has 2 aromatic rings. The van der Waals surface area contributed by atoms with Crippen LogP contribution in [0.25, 0.3) is 0 Å². The summed E-state index contributed by atoms with van der Waals surface area (Å²) in [5, 5.41) is 13.6. The highest BCUT2D eigenvalue weighted by Gasteiger charge is 2.29. The average Bonchev–Trinajstić information content (AvgIpc) is 3.00. The molecule has 3 rings (SSSR count). The molecular formula is C19H19N3O4. The minimum Gasteiger partial charge on any atom is -0.352 e. The van der Waals surface area contributed by atoms with Crippen LogP contribution in [0.15, 0.2) is 54.6 Å². The van der Waals surface area contributed by atoms with Gasteiger partial charge in [-0.05, 0) is 11.6 Å². The SMILES string of the molecule is O=C(NCC1CC(=O)N(Cc2ccccc2)C1)c1cccc([N+](=O)[O-])c1. The van der Waals surface area contributed by atoms with E-state index in [9.17, 15) is 19.7 Å². The second-order valence-electron chi connectivity index (χ2n) is 6.35. The van der Waals surface area contributed by atoms with Crippen molar-refractivity contribution < 1.29 is 14.5 Å². The summed E-state index contributed by atoms with van der Waals surface area (Å²) < 4.78 is 0. The number of benzene rings is 2. The Labute approximate surface area is 150 Å². The van der Waals surface area contributed by atoms with E-state index >= 15 is 0 Å². The van der Waals surface area contributed by atoms with Crippen molar-refractivity contribution >= 4 is 17.5 Å². The fourth-order valence-corrected chi connectivity index (χ4v) is 3.05. The third-order valence-corrected chi connectivity index (χ3v) is 4.38. The molecule has 0 radical (unpaired) electrons. The van der Waals surface area contributed by atoms with Crippen LogP contribution in [0.4, 0.5) is 5.69 Å². The maximum absolute atomic E-state index is 12.2. The Hall–Kier alpha value is -3.22. The van der Waals surface area contributed by atoms with E-state index < -0.39 is 4.92 Å². The maximum Gasteiger partial charge on any atom is 0.270 e. The zero-order valence-electron chi connectivity index (χ0n) is 14.1. The molecule has 0 aromatic heterocycles. The summed E-state index contributed by atoms with van der Waals surface area (Å²) in [5.74, 6) is -0.264. The second-order valence-corrected chi connectivity index (χ2v) is 6.35. The van der Waals surface area contributed by atoms with Gasteiger partial charge >= 0.3 is 0 Å². The first-order valence-electron chi connectivity index (χ1n) is 8.37. The standard InChI is InChI=1S/C19H19N3O4/c23-18-9-15(13-21(18)12-14-5-2-1-3-6-14)11-20-19(24)16-7-4-8-17(10-16)22(25)26/h1-8,10,15H,9,11-13H2,(H,20,24). The van der Waals surface area contributed by atoms with E-state index in [1.54, 1.807) is 4.90 Å². The molecule has 1 heterocycles. The minimum absolute atomic E-state index is 0.0360. The Kier molecular flexibility index (Phi) is 5.26. The van der Waals surface area contributed by atoms with Crippen LogP contribution in [0.2, 0.25) is 0 Å². The van der Waals surface area contributed by atoms with Gasteiger partial charge in [0.25, 0.3) is 11.6 Å². The van der Waals surface area contributed by atoms with Crippen molar-refractivity contribution in [2.24, 2.45) is 5.92 Å². The minimum atomic E-state index is -0.534. The fraction of sp³-hybridized carbons (Fsp3) is 0.263. The number of carbonyl (C=O) groups is 2. The second kappa shape index (κ2) is 7.77. The molecule has 0 bridgehead atoms. The highest BCUT2D eigenvalue weighted by Crippen LogP contribution is 2.20. The summed E-state index contributed by atoms with van der Waals surface area (Å²) in [7, 11) is 0. The molecular weight excluding hydrogens is 334 g/mol. The van der Waals surface area contributed by atoms with Crippen LogP contribution < -0.4 is 5.32 Å². The molecule has 1 fully saturated rings. The number of likely N-dealkylation sites (tertiary alicyclic amines) is 1. The molecule has 0 saturated carbocycles. The van der Waals surface area contributed by atoms with Gasteiger partial charge in [-0.25, -0.2) is 0 Å². The summed E-state index contributed by atoms with van der Waals surface area (Å²) in [4.78, 5) is 36.4. The van der Waals surface area contributed by atoms with Gasteiger partial charge in [-0.15, -0.1) is 0 Å². The zero-order chi connectivity index (χ0) is 18.5. The van der Waals surface area contributed by atoms with Gasteiger partial charge < -0.3 is 10.2 Å². The van der Waals surface area contributed by atoms with Crippen LogP contribution >= 0.6 is 0 Å². The van der Waals surface area contributed by atoms with Gasteiger partial charge in [0, 0.05) is 49.7 Å².